The largest absolute Gasteiger partial charge is 0.383 e. The summed E-state index contributed by atoms with van der Waals surface area (Å²) in [5.41, 5.74) is 5.38. The van der Waals surface area contributed by atoms with Gasteiger partial charge in [-0.1, -0.05) is 11.6 Å². The van der Waals surface area contributed by atoms with Crippen molar-refractivity contribution in [3.8, 4) is 0 Å². The van der Waals surface area contributed by atoms with Crippen LogP contribution in [0, 0.1) is 0 Å². The molecule has 114 valence electrons. The summed E-state index contributed by atoms with van der Waals surface area (Å²) >= 11 is 5.88. The van der Waals surface area contributed by atoms with Crippen molar-refractivity contribution >= 4 is 43.0 Å². The molecule has 0 saturated heterocycles. The maximum Gasteiger partial charge on any atom is 0.267 e. The fraction of sp³-hybridized carbons (Fsp3) is 0.100. The number of sulfonamides is 1. The predicted molar refractivity (Wildman–Crippen MR) is 78.4 cm³/mol. The topological polar surface area (TPSA) is 135 Å². The highest BCUT2D eigenvalue weighted by molar-refractivity contribution is 7.93. The number of nitrogens with two attached hydrogens (primary N) is 1. The minimum absolute atomic E-state index is 0.0491. The fourth-order valence-electron chi connectivity index (χ4n) is 1.51. The number of aromatic amines is 1. The zero-order valence-corrected chi connectivity index (χ0v) is 13.1. The van der Waals surface area contributed by atoms with Crippen LogP contribution in [-0.4, -0.2) is 33.3 Å². The molecule has 0 amide bonds. The third-order valence-electron chi connectivity index (χ3n) is 2.53. The number of H-pyrrole nitrogens is 1. The first-order valence-electron chi connectivity index (χ1n) is 5.42. The van der Waals surface area contributed by atoms with Crippen LogP contribution in [-0.2, 0) is 19.9 Å². The lowest BCUT2D eigenvalue weighted by molar-refractivity contribution is 0.599. The molecule has 0 atom stereocenters. The lowest BCUT2D eigenvalue weighted by atomic mass is 10.3. The van der Waals surface area contributed by atoms with Crippen molar-refractivity contribution in [1.82, 2.24) is 10.2 Å². The molecule has 2 rings (SSSR count). The Morgan fingerprint density at radius 3 is 2.48 bits per heavy atom. The second-order valence-corrected chi connectivity index (χ2v) is 8.24. The monoisotopic (exact) mass is 350 g/mol. The average molecular weight is 351 g/mol. The van der Waals surface area contributed by atoms with Gasteiger partial charge >= 0.3 is 0 Å². The molecule has 0 aliphatic carbocycles. The van der Waals surface area contributed by atoms with Gasteiger partial charge in [-0.15, -0.1) is 0 Å². The second kappa shape index (κ2) is 5.20. The Bertz CT molecular complexity index is 890. The molecule has 8 nitrogen and oxygen atoms in total. The van der Waals surface area contributed by atoms with Gasteiger partial charge in [0.1, 0.15) is 10.7 Å². The highest BCUT2D eigenvalue weighted by atomic mass is 35.5. The molecule has 1 heterocycles. The number of benzene rings is 1. The average Bonchev–Trinajstić information content (AvgIpc) is 2.77. The molecule has 1 aromatic carbocycles. The molecule has 0 aliphatic rings. The van der Waals surface area contributed by atoms with E-state index in [9.17, 15) is 16.8 Å². The molecule has 0 spiro atoms. The van der Waals surface area contributed by atoms with Crippen LogP contribution in [0.4, 0.5) is 11.5 Å². The van der Waals surface area contributed by atoms with Crippen molar-refractivity contribution in [2.24, 2.45) is 0 Å². The van der Waals surface area contributed by atoms with Crippen LogP contribution in [0.1, 0.15) is 0 Å². The zero-order chi connectivity index (χ0) is 15.8. The molecule has 21 heavy (non-hydrogen) atoms. The van der Waals surface area contributed by atoms with Crippen molar-refractivity contribution in [2.45, 2.75) is 9.79 Å². The summed E-state index contributed by atoms with van der Waals surface area (Å²) in [5, 5.41) is 5.85. The van der Waals surface area contributed by atoms with E-state index in [4.69, 9.17) is 17.3 Å². The maximum atomic E-state index is 12.1. The smallest absolute Gasteiger partial charge is 0.267 e. The lowest BCUT2D eigenvalue weighted by Gasteiger charge is -2.10. The Morgan fingerprint density at radius 1 is 1.29 bits per heavy atom. The molecule has 0 bridgehead atoms. The first-order chi connectivity index (χ1) is 9.61. The Kier molecular flexibility index (Phi) is 3.87. The van der Waals surface area contributed by atoms with Gasteiger partial charge in [0.25, 0.3) is 10.0 Å². The van der Waals surface area contributed by atoms with Crippen LogP contribution in [0.5, 0.6) is 0 Å². The molecule has 0 saturated carbocycles. The van der Waals surface area contributed by atoms with Crippen LogP contribution in [0.15, 0.2) is 34.2 Å². The van der Waals surface area contributed by atoms with Gasteiger partial charge in [0.05, 0.1) is 21.8 Å². The number of sulfone groups is 1. The van der Waals surface area contributed by atoms with Crippen LogP contribution >= 0.6 is 11.6 Å². The zero-order valence-electron chi connectivity index (χ0n) is 10.7. The molecular formula is C10H11ClN4O4S2. The van der Waals surface area contributed by atoms with Gasteiger partial charge in [-0.3, -0.25) is 9.82 Å². The number of halogens is 1. The summed E-state index contributed by atoms with van der Waals surface area (Å²) in [5.74, 6) is -0.141. The Labute approximate surface area is 126 Å². The summed E-state index contributed by atoms with van der Waals surface area (Å²) in [4.78, 5) is -0.326. The number of nitrogens with one attached hydrogen (secondary N) is 2. The van der Waals surface area contributed by atoms with Gasteiger partial charge < -0.3 is 5.73 Å². The van der Waals surface area contributed by atoms with Crippen LogP contribution in [0.25, 0.3) is 0 Å². The molecule has 0 aliphatic heterocycles. The van der Waals surface area contributed by atoms with Gasteiger partial charge in [0.15, 0.2) is 9.84 Å². The third-order valence-corrected chi connectivity index (χ3v) is 5.36. The van der Waals surface area contributed by atoms with Gasteiger partial charge in [-0.25, -0.2) is 16.8 Å². The number of anilines is 2. The standard InChI is InChI=1S/C10H11ClN4O4S2/c1-20(16,17)6-2-3-7(11)8(4-6)15-21(18,19)9-5-13-14-10(9)12/h2-5,15H,1H3,(H3,12,13,14). The molecule has 0 radical (unpaired) electrons. The third kappa shape index (κ3) is 3.28. The van der Waals surface area contributed by atoms with Gasteiger partial charge in [0, 0.05) is 6.26 Å². The normalized spacial score (nSPS) is 12.3. The van der Waals surface area contributed by atoms with Gasteiger partial charge in [0.2, 0.25) is 0 Å². The van der Waals surface area contributed by atoms with Crippen molar-refractivity contribution < 1.29 is 16.8 Å². The van der Waals surface area contributed by atoms with Crippen molar-refractivity contribution in [3.63, 3.8) is 0 Å². The van der Waals surface area contributed by atoms with Crippen molar-refractivity contribution in [3.05, 3.63) is 29.4 Å². The SMILES string of the molecule is CS(=O)(=O)c1ccc(Cl)c(NS(=O)(=O)c2cn[nH]c2N)c1. The van der Waals surface area contributed by atoms with E-state index in [1.54, 1.807) is 0 Å². The van der Waals surface area contributed by atoms with Crippen molar-refractivity contribution in [2.75, 3.05) is 16.7 Å². The molecular weight excluding hydrogens is 340 g/mol. The Balaban J connectivity index is 2.47. The second-order valence-electron chi connectivity index (χ2n) is 4.17. The van der Waals surface area contributed by atoms with E-state index < -0.39 is 19.9 Å². The summed E-state index contributed by atoms with van der Waals surface area (Å²) in [7, 11) is -7.53. The highest BCUT2D eigenvalue weighted by Crippen LogP contribution is 2.28. The number of aromatic nitrogens is 2. The fourth-order valence-corrected chi connectivity index (χ4v) is 3.48. The molecule has 0 fully saturated rings. The highest BCUT2D eigenvalue weighted by Gasteiger charge is 2.21. The lowest BCUT2D eigenvalue weighted by Crippen LogP contribution is -2.14. The first kappa shape index (κ1) is 15.6. The molecule has 0 unspecified atom stereocenters. The van der Waals surface area contributed by atoms with Crippen LogP contribution < -0.4 is 10.5 Å². The Morgan fingerprint density at radius 2 is 1.95 bits per heavy atom. The number of nitrogen functional groups attached to an aromatic ring is 1. The van der Waals surface area contributed by atoms with E-state index in [1.165, 1.54) is 12.1 Å². The summed E-state index contributed by atoms with van der Waals surface area (Å²) in [6.45, 7) is 0. The molecule has 2 aromatic rings. The number of rotatable bonds is 4. The quantitative estimate of drug-likeness (QED) is 0.748. The van der Waals surface area contributed by atoms with E-state index >= 15 is 0 Å². The minimum atomic E-state index is -4.03. The minimum Gasteiger partial charge on any atom is -0.383 e. The molecule has 4 N–H and O–H groups in total. The molecule has 11 heteroatoms. The summed E-state index contributed by atoms with van der Waals surface area (Å²) < 4.78 is 49.4. The van der Waals surface area contributed by atoms with Crippen molar-refractivity contribution in [1.29, 1.82) is 0 Å². The number of hydrogen-bond donors (Lipinski definition) is 3. The first-order valence-corrected chi connectivity index (χ1v) is 9.18. The summed E-state index contributed by atoms with van der Waals surface area (Å²) in [6, 6.07) is 3.70. The van der Waals surface area contributed by atoms with E-state index in [0.29, 0.717) is 0 Å². The Hall–Kier alpha value is -1.78. The van der Waals surface area contributed by atoms with E-state index in [2.05, 4.69) is 14.9 Å². The maximum absolute atomic E-state index is 12.1. The van der Waals surface area contributed by atoms with Gasteiger partial charge in [-0.05, 0) is 18.2 Å². The van der Waals surface area contributed by atoms with Gasteiger partial charge in [-0.2, -0.15) is 5.10 Å². The predicted octanol–water partition coefficient (Wildman–Crippen LogP) is 0.850. The van der Waals surface area contributed by atoms with E-state index in [-0.39, 0.29) is 26.3 Å². The molecule has 1 aromatic heterocycles. The van der Waals surface area contributed by atoms with E-state index in [1.807, 2.05) is 0 Å². The van der Waals surface area contributed by atoms with E-state index in [0.717, 1.165) is 18.5 Å². The summed E-state index contributed by atoms with van der Waals surface area (Å²) in [6.07, 6.45) is 2.04. The van der Waals surface area contributed by atoms with Crippen LogP contribution in [0.3, 0.4) is 0 Å². The van der Waals surface area contributed by atoms with Crippen LogP contribution in [0.2, 0.25) is 5.02 Å². The number of nitrogens with zero attached hydrogens (tertiary/aromatic N) is 1. The number of hydrogen-bond acceptors (Lipinski definition) is 6.